The van der Waals surface area contributed by atoms with Crippen molar-refractivity contribution in [3.05, 3.63) is 35.6 Å². The van der Waals surface area contributed by atoms with Crippen LogP contribution in [-0.2, 0) is 0 Å². The molecule has 0 bridgehead atoms. The van der Waals surface area contributed by atoms with Gasteiger partial charge < -0.3 is 5.73 Å². The van der Waals surface area contributed by atoms with Crippen LogP contribution < -0.4 is 5.73 Å². The van der Waals surface area contributed by atoms with E-state index in [9.17, 15) is 4.39 Å². The maximum Gasteiger partial charge on any atom is 0.123 e. The summed E-state index contributed by atoms with van der Waals surface area (Å²) in [5.41, 5.74) is 7.07. The third-order valence-electron chi connectivity index (χ3n) is 3.89. The fraction of sp³-hybridized carbons (Fsp3) is 0.571. The third-order valence-corrected chi connectivity index (χ3v) is 3.89. The molecule has 17 heavy (non-hydrogen) atoms. The number of hydrogen-bond donors (Lipinski definition) is 1. The van der Waals surface area contributed by atoms with Gasteiger partial charge in [-0.05, 0) is 57.5 Å². The van der Waals surface area contributed by atoms with E-state index in [4.69, 9.17) is 5.73 Å². The summed E-state index contributed by atoms with van der Waals surface area (Å²) < 4.78 is 13.2. The molecule has 1 aliphatic heterocycles. The van der Waals surface area contributed by atoms with Crippen LogP contribution in [0.2, 0.25) is 0 Å². The van der Waals surface area contributed by atoms with Gasteiger partial charge in [-0.25, -0.2) is 4.39 Å². The van der Waals surface area contributed by atoms with Crippen LogP contribution in [0.5, 0.6) is 0 Å². The van der Waals surface area contributed by atoms with Crippen LogP contribution in [0.4, 0.5) is 4.39 Å². The minimum absolute atomic E-state index is 0.121. The molecule has 0 aliphatic carbocycles. The fourth-order valence-corrected chi connectivity index (χ4v) is 2.60. The van der Waals surface area contributed by atoms with Gasteiger partial charge >= 0.3 is 0 Å². The highest BCUT2D eigenvalue weighted by Crippen LogP contribution is 2.31. The van der Waals surface area contributed by atoms with Crippen LogP contribution in [-0.4, -0.2) is 23.5 Å². The van der Waals surface area contributed by atoms with E-state index in [0.29, 0.717) is 0 Å². The van der Waals surface area contributed by atoms with E-state index in [1.165, 1.54) is 18.9 Å². The fourth-order valence-electron chi connectivity index (χ4n) is 2.60. The Bertz CT molecular complexity index is 384. The second-order valence-corrected chi connectivity index (χ2v) is 5.38. The minimum atomic E-state index is -0.213. The lowest BCUT2D eigenvalue weighted by Gasteiger charge is -2.40. The Hall–Kier alpha value is -0.930. The van der Waals surface area contributed by atoms with Crippen LogP contribution >= 0.6 is 0 Å². The molecule has 0 radical (unpaired) electrons. The molecule has 2 N–H and O–H groups in total. The van der Waals surface area contributed by atoms with Crippen LogP contribution in [0, 0.1) is 5.82 Å². The first-order chi connectivity index (χ1) is 8.01. The van der Waals surface area contributed by atoms with Gasteiger partial charge in [0.15, 0.2) is 0 Å². The van der Waals surface area contributed by atoms with E-state index in [2.05, 4.69) is 18.7 Å². The number of benzene rings is 1. The molecule has 0 amide bonds. The van der Waals surface area contributed by atoms with E-state index in [0.717, 1.165) is 18.7 Å². The SMILES string of the molecule is CC(C)(C(N)c1cccc(F)c1)N1CCCC1. The lowest BCUT2D eigenvalue weighted by atomic mass is 9.88. The van der Waals surface area contributed by atoms with Gasteiger partial charge in [0.25, 0.3) is 0 Å². The highest BCUT2D eigenvalue weighted by atomic mass is 19.1. The van der Waals surface area contributed by atoms with Crippen molar-refractivity contribution in [3.8, 4) is 0 Å². The Morgan fingerprint density at radius 1 is 1.29 bits per heavy atom. The molecule has 1 heterocycles. The Morgan fingerprint density at radius 3 is 2.53 bits per heavy atom. The summed E-state index contributed by atoms with van der Waals surface area (Å²) in [6.45, 7) is 6.48. The van der Waals surface area contributed by atoms with Gasteiger partial charge in [-0.2, -0.15) is 0 Å². The van der Waals surface area contributed by atoms with Gasteiger partial charge in [-0.15, -0.1) is 0 Å². The Kier molecular flexibility index (Phi) is 3.50. The van der Waals surface area contributed by atoms with E-state index in [1.54, 1.807) is 12.1 Å². The predicted molar refractivity (Wildman–Crippen MR) is 68.2 cm³/mol. The number of halogens is 1. The maximum absolute atomic E-state index is 13.2. The molecule has 1 unspecified atom stereocenters. The molecule has 0 spiro atoms. The first kappa shape index (κ1) is 12.5. The van der Waals surface area contributed by atoms with Crippen molar-refractivity contribution in [2.24, 2.45) is 5.73 Å². The first-order valence-electron chi connectivity index (χ1n) is 6.28. The monoisotopic (exact) mass is 236 g/mol. The number of nitrogens with two attached hydrogens (primary N) is 1. The first-order valence-corrected chi connectivity index (χ1v) is 6.28. The molecule has 1 fully saturated rings. The normalized spacial score (nSPS) is 19.5. The summed E-state index contributed by atoms with van der Waals surface area (Å²) in [7, 11) is 0. The van der Waals surface area contributed by atoms with Crippen molar-refractivity contribution in [2.45, 2.75) is 38.3 Å². The van der Waals surface area contributed by atoms with Crippen LogP contribution in [0.15, 0.2) is 24.3 Å². The molecule has 1 saturated heterocycles. The van der Waals surface area contributed by atoms with Crippen molar-refractivity contribution in [3.63, 3.8) is 0 Å². The molecule has 94 valence electrons. The van der Waals surface area contributed by atoms with Gasteiger partial charge in [0.1, 0.15) is 5.82 Å². The molecule has 2 rings (SSSR count). The molecule has 2 nitrogen and oxygen atoms in total. The number of rotatable bonds is 3. The summed E-state index contributed by atoms with van der Waals surface area (Å²) in [6, 6.07) is 6.48. The second kappa shape index (κ2) is 4.75. The van der Waals surface area contributed by atoms with Gasteiger partial charge in [0.2, 0.25) is 0 Å². The van der Waals surface area contributed by atoms with Gasteiger partial charge in [0.05, 0.1) is 0 Å². The van der Waals surface area contributed by atoms with Crippen LogP contribution in [0.3, 0.4) is 0 Å². The Labute approximate surface area is 103 Å². The van der Waals surface area contributed by atoms with Crippen molar-refractivity contribution in [1.29, 1.82) is 0 Å². The zero-order valence-corrected chi connectivity index (χ0v) is 10.6. The third kappa shape index (κ3) is 2.50. The summed E-state index contributed by atoms with van der Waals surface area (Å²) in [5.74, 6) is -0.213. The molecule has 1 aromatic carbocycles. The van der Waals surface area contributed by atoms with Crippen LogP contribution in [0.25, 0.3) is 0 Å². The molecular weight excluding hydrogens is 215 g/mol. The standard InChI is InChI=1S/C14H21FN2/c1-14(2,17-8-3-4-9-17)13(16)11-6-5-7-12(15)10-11/h5-7,10,13H,3-4,8-9,16H2,1-2H3. The van der Waals surface area contributed by atoms with Crippen molar-refractivity contribution in [2.75, 3.05) is 13.1 Å². The van der Waals surface area contributed by atoms with Gasteiger partial charge in [0, 0.05) is 11.6 Å². The number of likely N-dealkylation sites (tertiary alicyclic amines) is 1. The average molecular weight is 236 g/mol. The predicted octanol–water partition coefficient (Wildman–Crippen LogP) is 2.70. The minimum Gasteiger partial charge on any atom is -0.322 e. The van der Waals surface area contributed by atoms with Crippen LogP contribution in [0.1, 0.15) is 38.3 Å². The second-order valence-electron chi connectivity index (χ2n) is 5.38. The zero-order valence-electron chi connectivity index (χ0n) is 10.6. The topological polar surface area (TPSA) is 29.3 Å². The molecule has 0 aromatic heterocycles. The maximum atomic E-state index is 13.2. The summed E-state index contributed by atoms with van der Waals surface area (Å²) in [6.07, 6.45) is 2.47. The van der Waals surface area contributed by atoms with Gasteiger partial charge in [-0.3, -0.25) is 4.90 Å². The Balaban J connectivity index is 2.20. The van der Waals surface area contributed by atoms with E-state index < -0.39 is 0 Å². The number of hydrogen-bond acceptors (Lipinski definition) is 2. The summed E-state index contributed by atoms with van der Waals surface area (Å²) in [4.78, 5) is 2.41. The largest absolute Gasteiger partial charge is 0.322 e. The lowest BCUT2D eigenvalue weighted by Crippen LogP contribution is -2.49. The van der Waals surface area contributed by atoms with Crippen molar-refractivity contribution >= 4 is 0 Å². The lowest BCUT2D eigenvalue weighted by molar-refractivity contribution is 0.124. The molecular formula is C14H21FN2. The van der Waals surface area contributed by atoms with E-state index in [1.807, 2.05) is 6.07 Å². The Morgan fingerprint density at radius 2 is 1.94 bits per heavy atom. The molecule has 1 aliphatic rings. The summed E-state index contributed by atoms with van der Waals surface area (Å²) in [5, 5.41) is 0. The highest BCUT2D eigenvalue weighted by molar-refractivity contribution is 5.23. The summed E-state index contributed by atoms with van der Waals surface area (Å²) >= 11 is 0. The van der Waals surface area contributed by atoms with Crippen molar-refractivity contribution in [1.82, 2.24) is 4.90 Å². The number of nitrogens with zero attached hydrogens (tertiary/aromatic N) is 1. The van der Waals surface area contributed by atoms with Gasteiger partial charge in [-0.1, -0.05) is 12.1 Å². The highest BCUT2D eigenvalue weighted by Gasteiger charge is 2.35. The molecule has 0 saturated carbocycles. The zero-order chi connectivity index (χ0) is 12.5. The molecule has 1 atom stereocenters. The average Bonchev–Trinajstić information content (AvgIpc) is 2.82. The molecule has 3 heteroatoms. The van der Waals surface area contributed by atoms with E-state index in [-0.39, 0.29) is 17.4 Å². The smallest absolute Gasteiger partial charge is 0.123 e. The quantitative estimate of drug-likeness (QED) is 0.874. The van der Waals surface area contributed by atoms with Crippen molar-refractivity contribution < 1.29 is 4.39 Å². The molecule has 1 aromatic rings. The van der Waals surface area contributed by atoms with E-state index >= 15 is 0 Å².